The van der Waals surface area contributed by atoms with Gasteiger partial charge in [-0.15, -0.1) is 0 Å². The predicted octanol–water partition coefficient (Wildman–Crippen LogP) is 9.25. The van der Waals surface area contributed by atoms with Crippen molar-refractivity contribution in [3.63, 3.8) is 0 Å². The second kappa shape index (κ2) is 14.7. The Morgan fingerprint density at radius 3 is 1.80 bits per heavy atom. The fourth-order valence-electron chi connectivity index (χ4n) is 4.98. The van der Waals surface area contributed by atoms with Crippen molar-refractivity contribution >= 4 is 47.0 Å². The highest BCUT2D eigenvalue weighted by molar-refractivity contribution is 5.87. The first-order valence-electron chi connectivity index (χ1n) is 14.5. The third kappa shape index (κ3) is 7.74. The highest BCUT2D eigenvalue weighted by Crippen LogP contribution is 2.27. The lowest BCUT2D eigenvalue weighted by molar-refractivity contribution is 0.557. The molecule has 0 fully saturated rings. The number of anilines is 1. The van der Waals surface area contributed by atoms with Gasteiger partial charge in [0.25, 0.3) is 0 Å². The van der Waals surface area contributed by atoms with E-state index in [9.17, 15) is 4.79 Å². The summed E-state index contributed by atoms with van der Waals surface area (Å²) in [5, 5.41) is 9.64. The Labute approximate surface area is 243 Å². The van der Waals surface area contributed by atoms with E-state index >= 15 is 0 Å². The van der Waals surface area contributed by atoms with Crippen LogP contribution in [0.25, 0.3) is 41.3 Å². The van der Waals surface area contributed by atoms with Crippen molar-refractivity contribution in [3.8, 4) is 6.07 Å². The first-order valence-corrected chi connectivity index (χ1v) is 14.5. The molecular formula is C37H38N2O2. The highest BCUT2D eigenvalue weighted by atomic mass is 16.4. The summed E-state index contributed by atoms with van der Waals surface area (Å²) in [6, 6.07) is 24.8. The first kappa shape index (κ1) is 29.4. The molecule has 4 heteroatoms. The quantitative estimate of drug-likeness (QED) is 0.132. The monoisotopic (exact) mass is 542 g/mol. The fraction of sp³-hybridized carbons (Fsp3) is 0.243. The number of allylic oxidation sites excluding steroid dienone is 1. The third-order valence-corrected chi connectivity index (χ3v) is 7.05. The maximum atomic E-state index is 13.1. The van der Waals surface area contributed by atoms with Crippen molar-refractivity contribution in [1.29, 1.82) is 5.26 Å². The standard InChI is InChI=1S/C37H38N2O2/c1-4-25-39(26-5-2)32-21-23-34-33(6-3)35(37(40)41-36(34)27-32)22-20-31-18-16-30(17-19-31)15-14-29-12-10-28(11-13-29)9-7-8-24-38/h7,9-23,27H,4-6,8,25-26H2,1-3H3/b9-7-,15-14+,22-20+. The normalized spacial score (nSPS) is 11.7. The molecule has 0 radical (unpaired) electrons. The maximum absolute atomic E-state index is 13.1. The van der Waals surface area contributed by atoms with Crippen molar-refractivity contribution < 1.29 is 4.42 Å². The second-order valence-electron chi connectivity index (χ2n) is 10.1. The Morgan fingerprint density at radius 2 is 1.29 bits per heavy atom. The molecule has 0 aliphatic carbocycles. The topological polar surface area (TPSA) is 57.2 Å². The van der Waals surface area contributed by atoms with Crippen molar-refractivity contribution in [2.45, 2.75) is 46.5 Å². The molecule has 41 heavy (non-hydrogen) atoms. The molecule has 0 amide bonds. The first-order chi connectivity index (χ1) is 20.1. The summed E-state index contributed by atoms with van der Waals surface area (Å²) >= 11 is 0. The lowest BCUT2D eigenvalue weighted by atomic mass is 10.0. The Balaban J connectivity index is 1.50. The minimum Gasteiger partial charge on any atom is -0.422 e. The molecule has 0 bridgehead atoms. The summed E-state index contributed by atoms with van der Waals surface area (Å²) in [6.45, 7) is 8.41. The average Bonchev–Trinajstić information content (AvgIpc) is 2.99. The predicted molar refractivity (Wildman–Crippen MR) is 175 cm³/mol. The van der Waals surface area contributed by atoms with Gasteiger partial charge in [0, 0.05) is 30.2 Å². The lowest BCUT2D eigenvalue weighted by Crippen LogP contribution is -2.24. The van der Waals surface area contributed by atoms with Gasteiger partial charge >= 0.3 is 5.63 Å². The molecule has 0 aliphatic rings. The molecule has 0 atom stereocenters. The van der Waals surface area contributed by atoms with Gasteiger partial charge in [0.05, 0.1) is 18.1 Å². The molecule has 3 aromatic carbocycles. The molecular weight excluding hydrogens is 504 g/mol. The lowest BCUT2D eigenvalue weighted by Gasteiger charge is -2.24. The van der Waals surface area contributed by atoms with Crippen LogP contribution in [0.1, 0.15) is 73.4 Å². The second-order valence-corrected chi connectivity index (χ2v) is 10.1. The number of rotatable bonds is 12. The average molecular weight is 543 g/mol. The number of hydrogen-bond acceptors (Lipinski definition) is 4. The minimum absolute atomic E-state index is 0.300. The Morgan fingerprint density at radius 1 is 0.756 bits per heavy atom. The number of hydrogen-bond donors (Lipinski definition) is 0. The molecule has 0 spiro atoms. The van der Waals surface area contributed by atoms with Crippen LogP contribution in [0.2, 0.25) is 0 Å². The van der Waals surface area contributed by atoms with E-state index in [0.717, 1.165) is 71.2 Å². The van der Waals surface area contributed by atoms with E-state index in [2.05, 4.69) is 92.4 Å². The molecule has 0 saturated heterocycles. The van der Waals surface area contributed by atoms with Crippen molar-refractivity contribution in [2.24, 2.45) is 0 Å². The Hall–Kier alpha value is -4.62. The number of nitrogens with zero attached hydrogens (tertiary/aromatic N) is 2. The third-order valence-electron chi connectivity index (χ3n) is 7.05. The summed E-state index contributed by atoms with van der Waals surface area (Å²) in [4.78, 5) is 15.4. The smallest absolute Gasteiger partial charge is 0.343 e. The Kier molecular flexibility index (Phi) is 10.5. The zero-order chi connectivity index (χ0) is 29.0. The molecule has 4 aromatic rings. The fourth-order valence-corrected chi connectivity index (χ4v) is 4.98. The maximum Gasteiger partial charge on any atom is 0.343 e. The number of fused-ring (bicyclic) bond motifs is 1. The molecule has 4 rings (SSSR count). The molecule has 0 unspecified atom stereocenters. The summed E-state index contributed by atoms with van der Waals surface area (Å²) in [5.41, 5.74) is 7.38. The van der Waals surface area contributed by atoms with Gasteiger partial charge in [-0.2, -0.15) is 5.26 Å². The van der Waals surface area contributed by atoms with Crippen molar-refractivity contribution in [3.05, 3.63) is 117 Å². The van der Waals surface area contributed by atoms with Crippen LogP contribution in [0.15, 0.2) is 82.0 Å². The molecule has 1 heterocycles. The van der Waals surface area contributed by atoms with E-state index < -0.39 is 0 Å². The van der Waals surface area contributed by atoms with Crippen LogP contribution in [-0.2, 0) is 6.42 Å². The van der Waals surface area contributed by atoms with E-state index in [0.29, 0.717) is 17.6 Å². The molecule has 0 saturated carbocycles. The number of aryl methyl sites for hydroxylation is 1. The van der Waals surface area contributed by atoms with Gasteiger partial charge in [0.2, 0.25) is 0 Å². The largest absolute Gasteiger partial charge is 0.422 e. The van der Waals surface area contributed by atoms with E-state index in [1.54, 1.807) is 0 Å². The highest BCUT2D eigenvalue weighted by Gasteiger charge is 2.13. The zero-order valence-corrected chi connectivity index (χ0v) is 24.3. The van der Waals surface area contributed by atoms with Gasteiger partial charge in [-0.05, 0) is 65.3 Å². The van der Waals surface area contributed by atoms with Crippen LogP contribution in [0.3, 0.4) is 0 Å². The van der Waals surface area contributed by atoms with Crippen LogP contribution < -0.4 is 10.5 Å². The Bertz CT molecular complexity index is 1630. The molecule has 1 aromatic heterocycles. The van der Waals surface area contributed by atoms with Crippen LogP contribution in [0, 0.1) is 11.3 Å². The van der Waals surface area contributed by atoms with Gasteiger partial charge in [-0.3, -0.25) is 0 Å². The number of nitriles is 1. The van der Waals surface area contributed by atoms with Gasteiger partial charge in [-0.1, -0.05) is 99.7 Å². The van der Waals surface area contributed by atoms with Crippen molar-refractivity contribution in [2.75, 3.05) is 18.0 Å². The van der Waals surface area contributed by atoms with Crippen molar-refractivity contribution in [1.82, 2.24) is 0 Å². The number of benzene rings is 3. The molecule has 0 aliphatic heterocycles. The molecule has 208 valence electrons. The summed E-state index contributed by atoms with van der Waals surface area (Å²) in [5.74, 6) is 0. The zero-order valence-electron chi connectivity index (χ0n) is 24.3. The van der Waals surface area contributed by atoms with E-state index in [-0.39, 0.29) is 5.63 Å². The summed E-state index contributed by atoms with van der Waals surface area (Å²) in [6.07, 6.45) is 15.1. The van der Waals surface area contributed by atoms with E-state index in [1.807, 2.05) is 42.5 Å². The van der Waals surface area contributed by atoms with Crippen LogP contribution in [0.4, 0.5) is 5.69 Å². The van der Waals surface area contributed by atoms with Gasteiger partial charge in [0.15, 0.2) is 0 Å². The van der Waals surface area contributed by atoms with Crippen LogP contribution in [-0.4, -0.2) is 13.1 Å². The summed E-state index contributed by atoms with van der Waals surface area (Å²) < 4.78 is 5.84. The summed E-state index contributed by atoms with van der Waals surface area (Å²) in [7, 11) is 0. The molecule has 0 N–H and O–H groups in total. The van der Waals surface area contributed by atoms with Crippen LogP contribution in [0.5, 0.6) is 0 Å². The van der Waals surface area contributed by atoms with E-state index in [4.69, 9.17) is 9.68 Å². The molecule has 4 nitrogen and oxygen atoms in total. The van der Waals surface area contributed by atoms with Gasteiger partial charge in [0.1, 0.15) is 5.58 Å². The van der Waals surface area contributed by atoms with Gasteiger partial charge < -0.3 is 9.32 Å². The van der Waals surface area contributed by atoms with Crippen LogP contribution >= 0.6 is 0 Å². The van der Waals surface area contributed by atoms with E-state index in [1.165, 1.54) is 0 Å². The van der Waals surface area contributed by atoms with Gasteiger partial charge in [-0.25, -0.2) is 4.79 Å². The SMILES string of the molecule is CCCN(CCC)c1ccc2c(CC)c(/C=C/c3ccc(/C=C/c4ccc(/C=C\CC#N)cc4)cc3)c(=O)oc2c1. The minimum atomic E-state index is -0.300.